The quantitative estimate of drug-likeness (QED) is 0.458. The van der Waals surface area contributed by atoms with Gasteiger partial charge in [-0.1, -0.05) is 11.6 Å². The SMILES string of the molecule is CC(=O)CC(=O)C(O)Cl. The number of ketones is 2. The largest absolute Gasteiger partial charge is 0.371 e. The zero-order valence-electron chi connectivity index (χ0n) is 4.93. The number of carbonyl (C=O) groups excluding carboxylic acids is 2. The lowest BCUT2D eigenvalue weighted by Gasteiger charge is -1.95. The molecule has 0 saturated carbocycles. The molecule has 0 aliphatic rings. The van der Waals surface area contributed by atoms with Crippen molar-refractivity contribution in [2.45, 2.75) is 18.9 Å². The first-order valence-corrected chi connectivity index (χ1v) is 2.82. The van der Waals surface area contributed by atoms with Crippen LogP contribution < -0.4 is 0 Å². The number of alkyl halides is 1. The molecule has 0 amide bonds. The molecular weight excluding hydrogens is 144 g/mol. The second-order valence-corrected chi connectivity index (χ2v) is 2.09. The molecule has 0 fully saturated rings. The summed E-state index contributed by atoms with van der Waals surface area (Å²) < 4.78 is 0. The van der Waals surface area contributed by atoms with Crippen molar-refractivity contribution in [1.29, 1.82) is 0 Å². The van der Waals surface area contributed by atoms with E-state index in [1.807, 2.05) is 0 Å². The van der Waals surface area contributed by atoms with Crippen LogP contribution in [-0.4, -0.2) is 22.2 Å². The minimum absolute atomic E-state index is 0.287. The molecule has 3 nitrogen and oxygen atoms in total. The van der Waals surface area contributed by atoms with Crippen LogP contribution in [0, 0.1) is 0 Å². The summed E-state index contributed by atoms with van der Waals surface area (Å²) >= 11 is 4.93. The van der Waals surface area contributed by atoms with Crippen LogP contribution in [0.4, 0.5) is 0 Å². The van der Waals surface area contributed by atoms with Gasteiger partial charge in [0.15, 0.2) is 11.3 Å². The number of carbonyl (C=O) groups is 2. The zero-order chi connectivity index (χ0) is 7.44. The van der Waals surface area contributed by atoms with Gasteiger partial charge >= 0.3 is 0 Å². The number of hydrogen-bond donors (Lipinski definition) is 1. The number of halogens is 1. The smallest absolute Gasteiger partial charge is 0.187 e. The monoisotopic (exact) mass is 150 g/mol. The summed E-state index contributed by atoms with van der Waals surface area (Å²) in [7, 11) is 0. The molecular formula is C5H7ClO3. The molecule has 0 spiro atoms. The summed E-state index contributed by atoms with van der Waals surface area (Å²) in [5.41, 5.74) is -1.53. The molecule has 0 radical (unpaired) electrons. The molecule has 0 aromatic heterocycles. The van der Waals surface area contributed by atoms with Gasteiger partial charge in [-0.05, 0) is 6.92 Å². The van der Waals surface area contributed by atoms with E-state index >= 15 is 0 Å². The Morgan fingerprint density at radius 1 is 1.67 bits per heavy atom. The lowest BCUT2D eigenvalue weighted by atomic mass is 10.2. The van der Waals surface area contributed by atoms with Gasteiger partial charge in [-0.3, -0.25) is 9.59 Å². The van der Waals surface area contributed by atoms with Gasteiger partial charge in [0.1, 0.15) is 5.78 Å². The fourth-order valence-electron chi connectivity index (χ4n) is 0.330. The molecule has 0 aliphatic carbocycles. The first kappa shape index (κ1) is 8.59. The van der Waals surface area contributed by atoms with Gasteiger partial charge in [0.25, 0.3) is 0 Å². The summed E-state index contributed by atoms with van der Waals surface area (Å²) in [6.45, 7) is 1.26. The van der Waals surface area contributed by atoms with Gasteiger partial charge in [-0.15, -0.1) is 0 Å². The van der Waals surface area contributed by atoms with Crippen molar-refractivity contribution >= 4 is 23.2 Å². The number of aliphatic hydroxyl groups excluding tert-OH is 1. The van der Waals surface area contributed by atoms with Crippen LogP contribution in [0.15, 0.2) is 0 Å². The predicted octanol–water partition coefficient (Wildman–Crippen LogP) is 0.0918. The molecule has 1 atom stereocenters. The van der Waals surface area contributed by atoms with E-state index in [-0.39, 0.29) is 12.2 Å². The third-order valence-corrected chi connectivity index (χ3v) is 0.932. The summed E-state index contributed by atoms with van der Waals surface area (Å²) in [4.78, 5) is 20.5. The maximum absolute atomic E-state index is 10.4. The first-order chi connectivity index (χ1) is 4.04. The standard InChI is InChI=1S/C5H7ClO3/c1-3(7)2-4(8)5(6)9/h5,9H,2H2,1H3. The molecule has 4 heteroatoms. The van der Waals surface area contributed by atoms with E-state index in [2.05, 4.69) is 0 Å². The second kappa shape index (κ2) is 3.58. The highest BCUT2D eigenvalue weighted by atomic mass is 35.5. The van der Waals surface area contributed by atoms with Crippen LogP contribution in [0.3, 0.4) is 0 Å². The lowest BCUT2D eigenvalue weighted by Crippen LogP contribution is -2.15. The Morgan fingerprint density at radius 2 is 2.11 bits per heavy atom. The molecule has 0 heterocycles. The van der Waals surface area contributed by atoms with Crippen LogP contribution in [0.25, 0.3) is 0 Å². The van der Waals surface area contributed by atoms with Crippen molar-refractivity contribution < 1.29 is 14.7 Å². The van der Waals surface area contributed by atoms with Crippen molar-refractivity contribution in [2.24, 2.45) is 0 Å². The summed E-state index contributed by atoms with van der Waals surface area (Å²) in [5.74, 6) is -0.941. The molecule has 52 valence electrons. The zero-order valence-corrected chi connectivity index (χ0v) is 5.68. The van der Waals surface area contributed by atoms with Crippen molar-refractivity contribution in [3.63, 3.8) is 0 Å². The fourth-order valence-corrected chi connectivity index (χ4v) is 0.407. The maximum atomic E-state index is 10.4. The molecule has 1 unspecified atom stereocenters. The maximum Gasteiger partial charge on any atom is 0.187 e. The van der Waals surface area contributed by atoms with Gasteiger partial charge in [-0.25, -0.2) is 0 Å². The Labute approximate surface area is 57.6 Å². The summed E-state index contributed by atoms with van der Waals surface area (Å²) in [5, 5.41) is 8.33. The van der Waals surface area contributed by atoms with E-state index in [9.17, 15) is 9.59 Å². The Morgan fingerprint density at radius 3 is 2.22 bits per heavy atom. The summed E-state index contributed by atoms with van der Waals surface area (Å²) in [6.07, 6.45) is -0.287. The molecule has 9 heavy (non-hydrogen) atoms. The van der Waals surface area contributed by atoms with Gasteiger partial charge in [-0.2, -0.15) is 0 Å². The van der Waals surface area contributed by atoms with Gasteiger partial charge in [0.2, 0.25) is 0 Å². The molecule has 0 bridgehead atoms. The van der Waals surface area contributed by atoms with Crippen molar-refractivity contribution in [3.8, 4) is 0 Å². The van der Waals surface area contributed by atoms with E-state index in [0.29, 0.717) is 0 Å². The normalized spacial score (nSPS) is 12.8. The van der Waals surface area contributed by atoms with Gasteiger partial charge < -0.3 is 5.11 Å². The minimum Gasteiger partial charge on any atom is -0.371 e. The number of hydrogen-bond acceptors (Lipinski definition) is 3. The molecule has 0 aliphatic heterocycles. The summed E-state index contributed by atoms with van der Waals surface area (Å²) in [6, 6.07) is 0. The molecule has 0 aromatic rings. The van der Waals surface area contributed by atoms with Crippen LogP contribution >= 0.6 is 11.6 Å². The lowest BCUT2D eigenvalue weighted by molar-refractivity contribution is -0.128. The Hall–Kier alpha value is -0.410. The highest BCUT2D eigenvalue weighted by Crippen LogP contribution is 1.96. The fraction of sp³-hybridized carbons (Fsp3) is 0.600. The van der Waals surface area contributed by atoms with E-state index in [4.69, 9.17) is 16.7 Å². The highest BCUT2D eigenvalue weighted by Gasteiger charge is 2.12. The van der Waals surface area contributed by atoms with Crippen LogP contribution in [-0.2, 0) is 9.59 Å². The van der Waals surface area contributed by atoms with Crippen LogP contribution in [0.5, 0.6) is 0 Å². The third kappa shape index (κ3) is 4.12. The number of rotatable bonds is 3. The molecule has 1 N–H and O–H groups in total. The van der Waals surface area contributed by atoms with Crippen molar-refractivity contribution in [1.82, 2.24) is 0 Å². The predicted molar refractivity (Wildman–Crippen MR) is 32.2 cm³/mol. The van der Waals surface area contributed by atoms with Gasteiger partial charge in [0, 0.05) is 0 Å². The van der Waals surface area contributed by atoms with Crippen LogP contribution in [0.2, 0.25) is 0 Å². The Bertz CT molecular complexity index is 130. The van der Waals surface area contributed by atoms with E-state index in [1.165, 1.54) is 6.92 Å². The molecule has 0 aromatic carbocycles. The average Bonchev–Trinajstić information content (AvgIpc) is 1.63. The first-order valence-electron chi connectivity index (χ1n) is 2.38. The Balaban J connectivity index is 3.64. The number of Topliss-reactive ketones (excluding diaryl/α,β-unsaturated/α-hetero) is 2. The van der Waals surface area contributed by atoms with E-state index < -0.39 is 11.3 Å². The topological polar surface area (TPSA) is 54.4 Å². The van der Waals surface area contributed by atoms with Crippen LogP contribution in [0.1, 0.15) is 13.3 Å². The highest BCUT2D eigenvalue weighted by molar-refractivity contribution is 6.31. The minimum atomic E-state index is -1.53. The van der Waals surface area contributed by atoms with Crippen molar-refractivity contribution in [2.75, 3.05) is 0 Å². The number of aliphatic hydroxyl groups is 1. The van der Waals surface area contributed by atoms with Crippen molar-refractivity contribution in [3.05, 3.63) is 0 Å². The second-order valence-electron chi connectivity index (χ2n) is 1.68. The molecule has 0 rings (SSSR count). The Kier molecular flexibility index (Phi) is 3.42. The molecule has 0 saturated heterocycles. The van der Waals surface area contributed by atoms with E-state index in [0.717, 1.165) is 0 Å². The average molecular weight is 151 g/mol. The third-order valence-electron chi connectivity index (χ3n) is 0.689. The van der Waals surface area contributed by atoms with Gasteiger partial charge in [0.05, 0.1) is 6.42 Å². The van der Waals surface area contributed by atoms with E-state index in [1.54, 1.807) is 0 Å².